The van der Waals surface area contributed by atoms with Crippen LogP contribution in [0.3, 0.4) is 0 Å². The van der Waals surface area contributed by atoms with Gasteiger partial charge in [0.15, 0.2) is 0 Å². The highest BCUT2D eigenvalue weighted by Crippen LogP contribution is 2.36. The lowest BCUT2D eigenvalue weighted by molar-refractivity contribution is 0.480. The van der Waals surface area contributed by atoms with E-state index in [4.69, 9.17) is 27.9 Å². The number of sulfonamides is 2. The van der Waals surface area contributed by atoms with Crippen molar-refractivity contribution in [3.63, 3.8) is 0 Å². The van der Waals surface area contributed by atoms with Crippen molar-refractivity contribution in [2.24, 2.45) is 0 Å². The van der Waals surface area contributed by atoms with Gasteiger partial charge in [0.25, 0.3) is 20.0 Å². The number of aromatic nitrogens is 1. The summed E-state index contributed by atoms with van der Waals surface area (Å²) in [5, 5.41) is 1.69. The quantitative estimate of drug-likeness (QED) is 0.282. The van der Waals surface area contributed by atoms with Crippen molar-refractivity contribution < 1.29 is 21.6 Å². The third-order valence-electron chi connectivity index (χ3n) is 4.31. The first-order valence-corrected chi connectivity index (χ1v) is 14.0. The van der Waals surface area contributed by atoms with Gasteiger partial charge < -0.3 is 4.74 Å². The molecule has 0 aliphatic carbocycles. The average molecular weight is 556 g/mol. The zero-order chi connectivity index (χ0) is 24.3. The van der Waals surface area contributed by atoms with Crippen molar-refractivity contribution in [3.8, 4) is 11.5 Å². The largest absolute Gasteiger partial charge is 0.456 e. The van der Waals surface area contributed by atoms with Crippen LogP contribution in [0.5, 0.6) is 11.5 Å². The molecule has 0 unspecified atom stereocenters. The molecule has 176 valence electrons. The Morgan fingerprint density at radius 1 is 0.794 bits per heavy atom. The molecular formula is C21H15Cl2N3O5S3. The molecule has 34 heavy (non-hydrogen) atoms. The number of benzene rings is 2. The van der Waals surface area contributed by atoms with Crippen LogP contribution in [0.15, 0.2) is 87.5 Å². The first-order valence-electron chi connectivity index (χ1n) is 9.40. The van der Waals surface area contributed by atoms with E-state index >= 15 is 0 Å². The van der Waals surface area contributed by atoms with Crippen molar-refractivity contribution in [2.75, 3.05) is 9.44 Å². The van der Waals surface area contributed by atoms with Crippen LogP contribution in [-0.2, 0) is 20.0 Å². The summed E-state index contributed by atoms with van der Waals surface area (Å²) in [5.41, 5.74) is -0.173. The Labute approximate surface area is 210 Å². The number of rotatable bonds is 8. The predicted molar refractivity (Wildman–Crippen MR) is 133 cm³/mol. The molecule has 2 heterocycles. The fourth-order valence-electron chi connectivity index (χ4n) is 2.76. The van der Waals surface area contributed by atoms with Crippen LogP contribution in [0.4, 0.5) is 11.4 Å². The molecule has 0 aliphatic heterocycles. The van der Waals surface area contributed by atoms with E-state index in [-0.39, 0.29) is 30.5 Å². The molecule has 0 bridgehead atoms. The molecule has 2 aromatic carbocycles. The highest BCUT2D eigenvalue weighted by molar-refractivity contribution is 7.94. The molecule has 0 amide bonds. The van der Waals surface area contributed by atoms with Crippen molar-refractivity contribution in [2.45, 2.75) is 9.10 Å². The Bertz CT molecular complexity index is 1510. The Morgan fingerprint density at radius 2 is 1.44 bits per heavy atom. The second-order valence-electron chi connectivity index (χ2n) is 6.72. The molecule has 8 nitrogen and oxygen atoms in total. The van der Waals surface area contributed by atoms with E-state index in [1.165, 1.54) is 48.7 Å². The molecule has 0 fully saturated rings. The van der Waals surface area contributed by atoms with Gasteiger partial charge in [-0.05, 0) is 60.0 Å². The second kappa shape index (κ2) is 9.80. The summed E-state index contributed by atoms with van der Waals surface area (Å²) in [6.07, 6.45) is 3.13. The average Bonchev–Trinajstić information content (AvgIpc) is 3.34. The van der Waals surface area contributed by atoms with Gasteiger partial charge in [-0.15, -0.1) is 11.3 Å². The zero-order valence-corrected chi connectivity index (χ0v) is 20.9. The van der Waals surface area contributed by atoms with E-state index in [9.17, 15) is 16.8 Å². The highest BCUT2D eigenvalue weighted by Gasteiger charge is 2.22. The zero-order valence-electron chi connectivity index (χ0n) is 17.0. The second-order valence-corrected chi connectivity index (χ2v) is 12.1. The van der Waals surface area contributed by atoms with E-state index in [1.54, 1.807) is 29.8 Å². The van der Waals surface area contributed by atoms with E-state index in [2.05, 4.69) is 14.4 Å². The highest BCUT2D eigenvalue weighted by atomic mass is 35.5. The fourth-order valence-corrected chi connectivity index (χ4v) is 6.22. The van der Waals surface area contributed by atoms with Gasteiger partial charge >= 0.3 is 0 Å². The number of nitrogens with one attached hydrogen (secondary N) is 2. The maximum atomic E-state index is 13.0. The molecular weight excluding hydrogens is 541 g/mol. The summed E-state index contributed by atoms with van der Waals surface area (Å²) < 4.78 is 61.7. The minimum atomic E-state index is -4.12. The molecule has 0 aliphatic rings. The number of hydrogen-bond donors (Lipinski definition) is 2. The number of anilines is 2. The van der Waals surface area contributed by atoms with E-state index in [0.29, 0.717) is 11.5 Å². The summed E-state index contributed by atoms with van der Waals surface area (Å²) in [6.45, 7) is 0. The summed E-state index contributed by atoms with van der Waals surface area (Å²) in [6, 6.07) is 14.5. The smallest absolute Gasteiger partial charge is 0.271 e. The van der Waals surface area contributed by atoms with Crippen LogP contribution in [-0.4, -0.2) is 21.8 Å². The first-order chi connectivity index (χ1) is 16.1. The SMILES string of the molecule is O=S(=O)(Nc1cc(Cl)c(Cl)cc1NS(=O)(=O)c1cccs1)c1ccc(Oc2cccnc2)cc1. The number of thiophene rings is 1. The van der Waals surface area contributed by atoms with Gasteiger partial charge in [-0.25, -0.2) is 16.8 Å². The lowest BCUT2D eigenvalue weighted by Gasteiger charge is -2.15. The van der Waals surface area contributed by atoms with E-state index < -0.39 is 20.0 Å². The van der Waals surface area contributed by atoms with Crippen molar-refractivity contribution in [1.82, 2.24) is 4.98 Å². The molecule has 4 rings (SSSR count). The lowest BCUT2D eigenvalue weighted by atomic mass is 10.3. The van der Waals surface area contributed by atoms with Crippen LogP contribution in [0.25, 0.3) is 0 Å². The lowest BCUT2D eigenvalue weighted by Crippen LogP contribution is -2.17. The number of hydrogen-bond acceptors (Lipinski definition) is 7. The molecule has 4 aromatic rings. The standard InChI is InChI=1S/C21H15Cl2N3O5S3/c22-17-11-19(20(12-18(17)23)26-34(29,30)21-4-2-10-32-21)25-33(27,28)16-7-5-14(6-8-16)31-15-3-1-9-24-13-15/h1-13,25-26H. The Kier molecular flexibility index (Phi) is 7.01. The van der Waals surface area contributed by atoms with E-state index in [1.807, 2.05) is 0 Å². The Hall–Kier alpha value is -2.83. The van der Waals surface area contributed by atoms with Crippen molar-refractivity contribution >= 4 is 66.0 Å². The first kappa shape index (κ1) is 24.3. The monoisotopic (exact) mass is 555 g/mol. The molecule has 13 heteroatoms. The predicted octanol–water partition coefficient (Wildman–Crippen LogP) is 5.84. The topological polar surface area (TPSA) is 114 Å². The van der Waals surface area contributed by atoms with Crippen LogP contribution in [0.2, 0.25) is 10.0 Å². The third kappa shape index (κ3) is 5.62. The molecule has 0 radical (unpaired) electrons. The van der Waals surface area contributed by atoms with Gasteiger partial charge in [-0.1, -0.05) is 29.3 Å². The minimum Gasteiger partial charge on any atom is -0.456 e. The van der Waals surface area contributed by atoms with E-state index in [0.717, 1.165) is 11.3 Å². The molecule has 0 saturated carbocycles. The Morgan fingerprint density at radius 3 is 2.00 bits per heavy atom. The maximum Gasteiger partial charge on any atom is 0.271 e. The maximum absolute atomic E-state index is 13.0. The third-order valence-corrected chi connectivity index (χ3v) is 9.18. The molecule has 2 N–H and O–H groups in total. The number of pyridine rings is 1. The number of nitrogens with zero attached hydrogens (tertiary/aromatic N) is 1. The van der Waals surface area contributed by atoms with Gasteiger partial charge in [0.05, 0.1) is 32.5 Å². The van der Waals surface area contributed by atoms with Gasteiger partial charge in [0.1, 0.15) is 15.7 Å². The van der Waals surface area contributed by atoms with Crippen LogP contribution >= 0.6 is 34.5 Å². The summed E-state index contributed by atoms with van der Waals surface area (Å²) in [5.74, 6) is 0.903. The fraction of sp³-hybridized carbons (Fsp3) is 0. The van der Waals surface area contributed by atoms with Gasteiger partial charge in [-0.2, -0.15) is 0 Å². The summed E-state index contributed by atoms with van der Waals surface area (Å²) in [4.78, 5) is 3.87. The summed E-state index contributed by atoms with van der Waals surface area (Å²) >= 11 is 13.1. The molecule has 2 aromatic heterocycles. The van der Waals surface area contributed by atoms with Crippen LogP contribution in [0.1, 0.15) is 0 Å². The number of halogens is 2. The van der Waals surface area contributed by atoms with Crippen LogP contribution < -0.4 is 14.2 Å². The molecule has 0 saturated heterocycles. The molecule has 0 spiro atoms. The van der Waals surface area contributed by atoms with Crippen molar-refractivity contribution in [3.05, 3.63) is 88.5 Å². The number of ether oxygens (including phenoxy) is 1. The summed E-state index contributed by atoms with van der Waals surface area (Å²) in [7, 11) is -8.08. The minimum absolute atomic E-state index is 0.0404. The molecule has 0 atom stereocenters. The van der Waals surface area contributed by atoms with Crippen LogP contribution in [0, 0.1) is 0 Å². The Balaban J connectivity index is 1.60. The normalized spacial score (nSPS) is 11.7. The van der Waals surface area contributed by atoms with Gasteiger partial charge in [0.2, 0.25) is 0 Å². The van der Waals surface area contributed by atoms with Gasteiger partial charge in [0, 0.05) is 6.20 Å². The van der Waals surface area contributed by atoms with Gasteiger partial charge in [-0.3, -0.25) is 14.4 Å². The van der Waals surface area contributed by atoms with Crippen molar-refractivity contribution in [1.29, 1.82) is 0 Å².